The van der Waals surface area contributed by atoms with Gasteiger partial charge in [-0.05, 0) is 48.4 Å². The van der Waals surface area contributed by atoms with Crippen LogP contribution in [-0.4, -0.2) is 39.1 Å². The number of aromatic nitrogens is 4. The maximum atomic E-state index is 13.8. The maximum absolute atomic E-state index is 13.8. The average molecular weight is 580 g/mol. The first-order valence-corrected chi connectivity index (χ1v) is 13.9. The third-order valence-electron chi connectivity index (χ3n) is 7.11. The normalized spacial score (nSPS) is 18.2. The number of nitrogens with zero attached hydrogens (tertiary/aromatic N) is 3. The smallest absolute Gasteiger partial charge is 0.317 e. The molecule has 0 aliphatic carbocycles. The van der Waals surface area contributed by atoms with Gasteiger partial charge in [0.2, 0.25) is 12.2 Å². The van der Waals surface area contributed by atoms with Gasteiger partial charge in [-0.3, -0.25) is 4.79 Å². The zero-order valence-corrected chi connectivity index (χ0v) is 23.5. The lowest BCUT2D eigenvalue weighted by Gasteiger charge is -2.35. The van der Waals surface area contributed by atoms with Crippen LogP contribution >= 0.6 is 0 Å². The van der Waals surface area contributed by atoms with Gasteiger partial charge in [-0.25, -0.2) is 14.4 Å². The van der Waals surface area contributed by atoms with Crippen LogP contribution in [0.5, 0.6) is 6.01 Å². The predicted octanol–water partition coefficient (Wildman–Crippen LogP) is 5.62. The van der Waals surface area contributed by atoms with Crippen LogP contribution in [0.2, 0.25) is 0 Å². The summed E-state index contributed by atoms with van der Waals surface area (Å²) in [6, 6.07) is 27.4. The second-order valence-electron chi connectivity index (χ2n) is 10.5. The first-order valence-electron chi connectivity index (χ1n) is 13.9. The summed E-state index contributed by atoms with van der Waals surface area (Å²) >= 11 is 0. The summed E-state index contributed by atoms with van der Waals surface area (Å²) in [6.45, 7) is 2.79. The van der Waals surface area contributed by atoms with E-state index in [1.54, 1.807) is 31.3 Å². The lowest BCUT2D eigenvalue weighted by molar-refractivity contribution is -0.231. The summed E-state index contributed by atoms with van der Waals surface area (Å²) < 4.78 is 31.6. The van der Waals surface area contributed by atoms with E-state index < -0.39 is 11.7 Å². The van der Waals surface area contributed by atoms with Gasteiger partial charge in [-0.1, -0.05) is 60.7 Å². The topological polar surface area (TPSA) is 111 Å². The van der Waals surface area contributed by atoms with Crippen LogP contribution in [0.1, 0.15) is 30.2 Å². The maximum Gasteiger partial charge on any atom is 0.317 e. The van der Waals surface area contributed by atoms with E-state index in [0.29, 0.717) is 41.6 Å². The molecular weight excluding hydrogens is 549 g/mol. The molecule has 1 amide bonds. The summed E-state index contributed by atoms with van der Waals surface area (Å²) in [5.41, 5.74) is 3.41. The van der Waals surface area contributed by atoms with Gasteiger partial charge in [0.15, 0.2) is 5.82 Å². The molecule has 0 radical (unpaired) electrons. The highest BCUT2D eigenvalue weighted by Crippen LogP contribution is 2.35. The number of hydrogen-bond acceptors (Lipinski definition) is 7. The van der Waals surface area contributed by atoms with Crippen molar-refractivity contribution < 1.29 is 23.4 Å². The van der Waals surface area contributed by atoms with E-state index in [9.17, 15) is 9.18 Å². The summed E-state index contributed by atoms with van der Waals surface area (Å²) in [7, 11) is 0. The van der Waals surface area contributed by atoms with E-state index in [1.165, 1.54) is 12.1 Å². The van der Waals surface area contributed by atoms with Crippen LogP contribution in [-0.2, 0) is 27.4 Å². The van der Waals surface area contributed by atoms with E-state index in [-0.39, 0.29) is 30.9 Å². The molecule has 5 aromatic rings. The molecule has 218 valence electrons. The van der Waals surface area contributed by atoms with Gasteiger partial charge < -0.3 is 24.5 Å². The van der Waals surface area contributed by atoms with Gasteiger partial charge in [-0.15, -0.1) is 0 Å². The quantitative estimate of drug-likeness (QED) is 0.233. The van der Waals surface area contributed by atoms with Crippen molar-refractivity contribution in [2.24, 2.45) is 5.41 Å². The lowest BCUT2D eigenvalue weighted by atomic mass is 9.91. The largest absolute Gasteiger partial charge is 0.459 e. The number of halogens is 1. The molecule has 3 heterocycles. The molecule has 0 saturated carbocycles. The molecule has 1 fully saturated rings. The predicted molar refractivity (Wildman–Crippen MR) is 157 cm³/mol. The van der Waals surface area contributed by atoms with E-state index in [0.717, 1.165) is 11.1 Å². The molecule has 0 atom stereocenters. The van der Waals surface area contributed by atoms with Crippen LogP contribution in [0, 0.1) is 11.2 Å². The third kappa shape index (κ3) is 6.61. The number of carbonyl (C=O) groups is 1. The number of ether oxygens (including phenoxy) is 3. The highest BCUT2D eigenvalue weighted by atomic mass is 19.1. The Balaban J connectivity index is 1.21. The molecule has 1 saturated heterocycles. The molecule has 2 N–H and O–H groups in total. The summed E-state index contributed by atoms with van der Waals surface area (Å²) in [6.07, 6.45) is 0.753. The molecule has 43 heavy (non-hydrogen) atoms. The van der Waals surface area contributed by atoms with Crippen LogP contribution in [0.25, 0.3) is 22.6 Å². The van der Waals surface area contributed by atoms with Crippen LogP contribution in [0.3, 0.4) is 0 Å². The zero-order chi connectivity index (χ0) is 29.6. The van der Waals surface area contributed by atoms with Crippen molar-refractivity contribution in [2.75, 3.05) is 13.2 Å². The molecule has 1 aliphatic rings. The minimum absolute atomic E-state index is 0.130. The minimum atomic E-state index is -0.877. The Hall–Kier alpha value is -4.93. The summed E-state index contributed by atoms with van der Waals surface area (Å²) in [4.78, 5) is 29.9. The molecule has 3 aromatic carbocycles. The number of hydrogen-bond donors (Lipinski definition) is 2. The Morgan fingerprint density at radius 2 is 1.63 bits per heavy atom. The number of imidazole rings is 1. The number of nitrogens with one attached hydrogen (secondary N) is 2. The number of aromatic amines is 1. The number of rotatable bonds is 9. The van der Waals surface area contributed by atoms with E-state index in [2.05, 4.69) is 20.3 Å². The zero-order valence-electron chi connectivity index (χ0n) is 23.5. The van der Waals surface area contributed by atoms with Crippen molar-refractivity contribution >= 4 is 5.91 Å². The summed E-state index contributed by atoms with van der Waals surface area (Å²) in [5, 5.41) is 2.97. The van der Waals surface area contributed by atoms with E-state index in [4.69, 9.17) is 19.2 Å². The van der Waals surface area contributed by atoms with Gasteiger partial charge in [0, 0.05) is 18.3 Å². The van der Waals surface area contributed by atoms with E-state index >= 15 is 0 Å². The van der Waals surface area contributed by atoms with Crippen molar-refractivity contribution in [1.82, 2.24) is 25.3 Å². The van der Waals surface area contributed by atoms with Crippen molar-refractivity contribution in [1.29, 1.82) is 0 Å². The Morgan fingerprint density at radius 1 is 0.953 bits per heavy atom. The Kier molecular flexibility index (Phi) is 8.21. The molecule has 1 aliphatic heterocycles. The first kappa shape index (κ1) is 28.2. The van der Waals surface area contributed by atoms with Crippen molar-refractivity contribution in [3.63, 3.8) is 0 Å². The number of benzene rings is 3. The van der Waals surface area contributed by atoms with Crippen LogP contribution in [0.15, 0.2) is 97.2 Å². The van der Waals surface area contributed by atoms with Crippen molar-refractivity contribution in [3.8, 4) is 28.7 Å². The molecule has 9 nitrogen and oxygen atoms in total. The van der Waals surface area contributed by atoms with Gasteiger partial charge in [0.1, 0.15) is 12.4 Å². The van der Waals surface area contributed by atoms with Crippen LogP contribution < -0.4 is 10.1 Å². The average Bonchev–Trinajstić information content (AvgIpc) is 3.50. The highest BCUT2D eigenvalue weighted by molar-refractivity contribution is 5.82. The van der Waals surface area contributed by atoms with Gasteiger partial charge in [-0.2, -0.15) is 4.98 Å². The fraction of sp³-hybridized carbons (Fsp3) is 0.212. The molecule has 10 heteroatoms. The van der Waals surface area contributed by atoms with Gasteiger partial charge in [0.05, 0.1) is 35.7 Å². The second kappa shape index (κ2) is 12.5. The van der Waals surface area contributed by atoms with Crippen molar-refractivity contribution in [3.05, 3.63) is 120 Å². The Morgan fingerprint density at radius 3 is 2.33 bits per heavy atom. The second-order valence-corrected chi connectivity index (χ2v) is 10.5. The highest BCUT2D eigenvalue weighted by Gasteiger charge is 2.40. The van der Waals surface area contributed by atoms with E-state index in [1.807, 2.05) is 60.7 Å². The Labute approximate surface area is 248 Å². The molecule has 0 bridgehead atoms. The molecule has 0 spiro atoms. The Bertz CT molecular complexity index is 1670. The first-order chi connectivity index (χ1) is 21.0. The minimum Gasteiger partial charge on any atom is -0.459 e. The van der Waals surface area contributed by atoms with Gasteiger partial charge >= 0.3 is 6.01 Å². The number of amides is 1. The molecule has 2 aromatic heterocycles. The number of carbonyl (C=O) groups excluding carboxylic acids is 1. The standard InChI is InChI=1S/C33H30FN5O4/c1-33(31(40)36-18-22-8-4-2-5-9-22)20-42-30(43-21-33)29-38-27(24-12-14-25(34)15-13-24)28(39-29)26-16-17-35-32(37-26)41-19-23-10-6-3-7-11-23/h2-17,30H,18-21H2,1H3,(H,36,40)(H,38,39). The summed E-state index contributed by atoms with van der Waals surface area (Å²) in [5.74, 6) is -0.124. The number of H-pyrrole nitrogens is 1. The third-order valence-corrected chi connectivity index (χ3v) is 7.11. The fourth-order valence-electron chi connectivity index (χ4n) is 4.67. The fourth-order valence-corrected chi connectivity index (χ4v) is 4.67. The molecule has 6 rings (SSSR count). The lowest BCUT2D eigenvalue weighted by Crippen LogP contribution is -2.48. The van der Waals surface area contributed by atoms with Crippen molar-refractivity contribution in [2.45, 2.75) is 26.4 Å². The molecular formula is C33H30FN5O4. The monoisotopic (exact) mass is 579 g/mol. The van der Waals surface area contributed by atoms with Gasteiger partial charge in [0.25, 0.3) is 0 Å². The SMILES string of the molecule is CC1(C(=O)NCc2ccccc2)COC(c2nc(-c3ccc(F)cc3)c(-c3ccnc(OCc4ccccc4)n3)[nH]2)OC1. The van der Waals surface area contributed by atoms with Crippen LogP contribution in [0.4, 0.5) is 4.39 Å². The molecule has 0 unspecified atom stereocenters.